The van der Waals surface area contributed by atoms with Gasteiger partial charge in [0.2, 0.25) is 5.95 Å². The fraction of sp³-hybridized carbons (Fsp3) is 0.400. The molecule has 0 aliphatic rings. The molecule has 0 aliphatic heterocycles. The standard InChI is InChI=1S/C15H20BrN3/c1-10(2)19-9-11(3)17-15(19)18-12(4)13-6-5-7-14(16)8-13/h5-10,12H,1-4H3,(H,17,18). The van der Waals surface area contributed by atoms with Crippen molar-refractivity contribution in [2.24, 2.45) is 0 Å². The minimum Gasteiger partial charge on any atom is -0.349 e. The highest BCUT2D eigenvalue weighted by Crippen LogP contribution is 2.23. The van der Waals surface area contributed by atoms with Gasteiger partial charge in [-0.1, -0.05) is 28.1 Å². The second kappa shape index (κ2) is 5.78. The van der Waals surface area contributed by atoms with Crippen LogP contribution in [0.25, 0.3) is 0 Å². The van der Waals surface area contributed by atoms with Gasteiger partial charge in [0.25, 0.3) is 0 Å². The molecule has 4 heteroatoms. The van der Waals surface area contributed by atoms with Crippen LogP contribution in [-0.2, 0) is 0 Å². The maximum atomic E-state index is 4.56. The van der Waals surface area contributed by atoms with Crippen LogP contribution in [0.3, 0.4) is 0 Å². The highest BCUT2D eigenvalue weighted by Gasteiger charge is 2.12. The van der Waals surface area contributed by atoms with Crippen molar-refractivity contribution >= 4 is 21.9 Å². The van der Waals surface area contributed by atoms with Crippen molar-refractivity contribution in [3.05, 3.63) is 46.2 Å². The zero-order chi connectivity index (χ0) is 14.0. The van der Waals surface area contributed by atoms with Crippen molar-refractivity contribution in [1.29, 1.82) is 0 Å². The SMILES string of the molecule is Cc1cn(C(C)C)c(NC(C)c2cccc(Br)c2)n1. The highest BCUT2D eigenvalue weighted by atomic mass is 79.9. The smallest absolute Gasteiger partial charge is 0.203 e. The van der Waals surface area contributed by atoms with Crippen LogP contribution in [0, 0.1) is 6.92 Å². The van der Waals surface area contributed by atoms with Gasteiger partial charge < -0.3 is 9.88 Å². The second-order valence-electron chi connectivity index (χ2n) is 5.13. The van der Waals surface area contributed by atoms with Gasteiger partial charge in [0.05, 0.1) is 11.7 Å². The topological polar surface area (TPSA) is 29.9 Å². The molecule has 0 spiro atoms. The summed E-state index contributed by atoms with van der Waals surface area (Å²) in [6.45, 7) is 8.50. The van der Waals surface area contributed by atoms with Crippen LogP contribution in [0.2, 0.25) is 0 Å². The van der Waals surface area contributed by atoms with Gasteiger partial charge in [0.1, 0.15) is 0 Å². The molecule has 2 rings (SSSR count). The van der Waals surface area contributed by atoms with Crippen LogP contribution >= 0.6 is 15.9 Å². The number of nitrogens with zero attached hydrogens (tertiary/aromatic N) is 2. The number of nitrogens with one attached hydrogen (secondary N) is 1. The second-order valence-corrected chi connectivity index (χ2v) is 6.04. The molecular weight excluding hydrogens is 302 g/mol. The van der Waals surface area contributed by atoms with Crippen molar-refractivity contribution in [3.63, 3.8) is 0 Å². The molecule has 3 nitrogen and oxygen atoms in total. The van der Waals surface area contributed by atoms with Gasteiger partial charge in [-0.25, -0.2) is 4.98 Å². The molecule has 1 heterocycles. The Morgan fingerprint density at radius 2 is 2.00 bits per heavy atom. The van der Waals surface area contributed by atoms with E-state index < -0.39 is 0 Å². The third-order valence-electron chi connectivity index (χ3n) is 3.10. The minimum atomic E-state index is 0.219. The van der Waals surface area contributed by atoms with Crippen LogP contribution in [0.4, 0.5) is 5.95 Å². The third-order valence-corrected chi connectivity index (χ3v) is 3.60. The first-order valence-electron chi connectivity index (χ1n) is 6.55. The minimum absolute atomic E-state index is 0.219. The molecule has 2 aromatic rings. The molecule has 0 aliphatic carbocycles. The van der Waals surface area contributed by atoms with E-state index in [1.54, 1.807) is 0 Å². The van der Waals surface area contributed by atoms with Crippen LogP contribution < -0.4 is 5.32 Å². The van der Waals surface area contributed by atoms with Crippen molar-refractivity contribution < 1.29 is 0 Å². The van der Waals surface area contributed by atoms with E-state index in [4.69, 9.17) is 0 Å². The van der Waals surface area contributed by atoms with Gasteiger partial charge in [0.15, 0.2) is 0 Å². The fourth-order valence-corrected chi connectivity index (χ4v) is 2.49. The number of aryl methyl sites for hydroxylation is 1. The predicted molar refractivity (Wildman–Crippen MR) is 83.5 cm³/mol. The van der Waals surface area contributed by atoms with E-state index in [9.17, 15) is 0 Å². The van der Waals surface area contributed by atoms with Crippen molar-refractivity contribution in [2.75, 3.05) is 5.32 Å². The summed E-state index contributed by atoms with van der Waals surface area (Å²) in [5.41, 5.74) is 2.28. The van der Waals surface area contributed by atoms with E-state index >= 15 is 0 Å². The molecule has 0 radical (unpaired) electrons. The first kappa shape index (κ1) is 14.1. The molecule has 0 saturated carbocycles. The first-order valence-corrected chi connectivity index (χ1v) is 7.34. The van der Waals surface area contributed by atoms with Gasteiger partial charge in [-0.05, 0) is 45.4 Å². The summed E-state index contributed by atoms with van der Waals surface area (Å²) in [5.74, 6) is 0.931. The molecule has 19 heavy (non-hydrogen) atoms. The third kappa shape index (κ3) is 3.38. The number of hydrogen-bond acceptors (Lipinski definition) is 2. The van der Waals surface area contributed by atoms with Crippen LogP contribution in [0.1, 0.15) is 44.1 Å². The van der Waals surface area contributed by atoms with Crippen molar-refractivity contribution in [2.45, 2.75) is 39.8 Å². The van der Waals surface area contributed by atoms with Crippen molar-refractivity contribution in [1.82, 2.24) is 9.55 Å². The Labute approximate surface area is 123 Å². The largest absolute Gasteiger partial charge is 0.349 e. The molecular formula is C15H20BrN3. The average molecular weight is 322 g/mol. The quantitative estimate of drug-likeness (QED) is 0.883. The summed E-state index contributed by atoms with van der Waals surface area (Å²) < 4.78 is 3.27. The normalized spacial score (nSPS) is 12.7. The number of hydrogen-bond donors (Lipinski definition) is 1. The Balaban J connectivity index is 2.21. The van der Waals surface area contributed by atoms with E-state index in [1.807, 2.05) is 13.0 Å². The number of aromatic nitrogens is 2. The molecule has 0 saturated heterocycles. The van der Waals surface area contributed by atoms with E-state index in [1.165, 1.54) is 5.56 Å². The number of benzene rings is 1. The lowest BCUT2D eigenvalue weighted by Crippen LogP contribution is -2.12. The first-order chi connectivity index (χ1) is 8.97. The maximum absolute atomic E-state index is 4.56. The van der Waals surface area contributed by atoms with Gasteiger partial charge >= 0.3 is 0 Å². The lowest BCUT2D eigenvalue weighted by atomic mass is 10.1. The molecule has 1 aromatic heterocycles. The molecule has 0 bridgehead atoms. The van der Waals surface area contributed by atoms with Gasteiger partial charge in [0, 0.05) is 16.7 Å². The van der Waals surface area contributed by atoms with E-state index in [2.05, 4.69) is 76.0 Å². The Hall–Kier alpha value is -1.29. The van der Waals surface area contributed by atoms with Crippen LogP contribution in [-0.4, -0.2) is 9.55 Å². The summed E-state index contributed by atoms with van der Waals surface area (Å²) in [6, 6.07) is 8.97. The lowest BCUT2D eigenvalue weighted by molar-refractivity contribution is 0.600. The lowest BCUT2D eigenvalue weighted by Gasteiger charge is -2.18. The van der Waals surface area contributed by atoms with E-state index in [0.717, 1.165) is 16.1 Å². The van der Waals surface area contributed by atoms with E-state index in [-0.39, 0.29) is 6.04 Å². The molecule has 102 valence electrons. The number of halogens is 1. The van der Waals surface area contributed by atoms with Crippen molar-refractivity contribution in [3.8, 4) is 0 Å². The summed E-state index contributed by atoms with van der Waals surface area (Å²) >= 11 is 3.51. The highest BCUT2D eigenvalue weighted by molar-refractivity contribution is 9.10. The molecule has 1 aromatic carbocycles. The number of imidazole rings is 1. The molecule has 1 N–H and O–H groups in total. The molecule has 1 unspecified atom stereocenters. The van der Waals surface area contributed by atoms with Crippen LogP contribution in [0.15, 0.2) is 34.9 Å². The zero-order valence-corrected chi connectivity index (χ0v) is 13.4. The predicted octanol–water partition coefficient (Wildman–Crippen LogP) is 4.71. The number of anilines is 1. The Bertz CT molecular complexity index is 560. The summed E-state index contributed by atoms with van der Waals surface area (Å²) in [6.07, 6.45) is 2.08. The van der Waals surface area contributed by atoms with Gasteiger partial charge in [-0.15, -0.1) is 0 Å². The summed E-state index contributed by atoms with van der Waals surface area (Å²) in [5, 5.41) is 3.49. The Morgan fingerprint density at radius 3 is 2.63 bits per heavy atom. The monoisotopic (exact) mass is 321 g/mol. The summed E-state index contributed by atoms with van der Waals surface area (Å²) in [4.78, 5) is 4.56. The Morgan fingerprint density at radius 1 is 1.26 bits per heavy atom. The maximum Gasteiger partial charge on any atom is 0.203 e. The zero-order valence-electron chi connectivity index (χ0n) is 11.8. The Kier molecular flexibility index (Phi) is 4.30. The average Bonchev–Trinajstić information content (AvgIpc) is 2.70. The van der Waals surface area contributed by atoms with Gasteiger partial charge in [-0.3, -0.25) is 0 Å². The van der Waals surface area contributed by atoms with Crippen LogP contribution in [0.5, 0.6) is 0 Å². The number of rotatable bonds is 4. The van der Waals surface area contributed by atoms with E-state index in [0.29, 0.717) is 6.04 Å². The molecule has 0 fully saturated rings. The fourth-order valence-electron chi connectivity index (χ4n) is 2.07. The molecule has 0 amide bonds. The molecule has 1 atom stereocenters. The van der Waals surface area contributed by atoms with Gasteiger partial charge in [-0.2, -0.15) is 0 Å². The summed E-state index contributed by atoms with van der Waals surface area (Å²) in [7, 11) is 0.